The van der Waals surface area contributed by atoms with Crippen LogP contribution in [0.3, 0.4) is 0 Å². The van der Waals surface area contributed by atoms with Crippen LogP contribution in [0.25, 0.3) is 10.9 Å². The maximum absolute atomic E-state index is 13.2. The van der Waals surface area contributed by atoms with Gasteiger partial charge in [0, 0.05) is 30.1 Å². The third kappa shape index (κ3) is 5.05. The number of para-hydroxylation sites is 1. The second kappa shape index (κ2) is 8.57. The van der Waals surface area contributed by atoms with E-state index in [1.54, 1.807) is 12.1 Å². The molecule has 1 saturated carbocycles. The number of carbonyl (C=O) groups excluding carboxylic acids is 1. The van der Waals surface area contributed by atoms with Crippen molar-refractivity contribution in [1.82, 2.24) is 9.88 Å². The van der Waals surface area contributed by atoms with Gasteiger partial charge < -0.3 is 15.0 Å². The molecule has 1 fully saturated rings. The number of rotatable bonds is 7. The molecule has 1 aliphatic rings. The topological polar surface area (TPSA) is 71.3 Å². The summed E-state index contributed by atoms with van der Waals surface area (Å²) < 4.78 is 40.4. The monoisotopic (exact) mass is 458 g/mol. The number of amides is 1. The summed E-state index contributed by atoms with van der Waals surface area (Å²) in [7, 11) is 0. The Balaban J connectivity index is 1.51. The summed E-state index contributed by atoms with van der Waals surface area (Å²) in [6, 6.07) is 12.3. The van der Waals surface area contributed by atoms with Gasteiger partial charge in [-0.3, -0.25) is 9.59 Å². The summed E-state index contributed by atoms with van der Waals surface area (Å²) in [5.74, 6) is -0.744. The lowest BCUT2D eigenvalue weighted by Crippen LogP contribution is -2.55. The Hall–Kier alpha value is -3.29. The zero-order valence-corrected chi connectivity index (χ0v) is 18.2. The van der Waals surface area contributed by atoms with Crippen LogP contribution in [0.4, 0.5) is 13.2 Å². The Morgan fingerprint density at radius 3 is 2.45 bits per heavy atom. The Bertz CT molecular complexity index is 1180. The molecule has 2 N–H and O–H groups in total. The minimum Gasteiger partial charge on any atom is -0.481 e. The first kappa shape index (κ1) is 22.9. The van der Waals surface area contributed by atoms with E-state index in [1.807, 2.05) is 29.8 Å². The Labute approximate surface area is 189 Å². The van der Waals surface area contributed by atoms with Crippen LogP contribution in [-0.4, -0.2) is 27.1 Å². The highest BCUT2D eigenvalue weighted by Gasteiger charge is 2.41. The van der Waals surface area contributed by atoms with Crippen LogP contribution in [0, 0.1) is 5.92 Å². The fraction of sp³-hybridized carbons (Fsp3) is 0.360. The first-order valence-electron chi connectivity index (χ1n) is 10.8. The first-order valence-corrected chi connectivity index (χ1v) is 10.8. The molecule has 5 nitrogen and oxygen atoms in total. The van der Waals surface area contributed by atoms with E-state index in [2.05, 4.69) is 5.32 Å². The number of hydrogen-bond donors (Lipinski definition) is 2. The van der Waals surface area contributed by atoms with Crippen LogP contribution in [-0.2, 0) is 17.5 Å². The number of alkyl halides is 3. The van der Waals surface area contributed by atoms with Gasteiger partial charge in [0.15, 0.2) is 0 Å². The maximum Gasteiger partial charge on any atom is 0.416 e. The highest BCUT2D eigenvalue weighted by Crippen LogP contribution is 2.40. The number of carbonyl (C=O) groups is 2. The molecule has 0 aliphatic heterocycles. The number of carboxylic acids is 1. The SMILES string of the molecule is CC1(NC(=O)c2cccc3ccn(Cc4ccc(C(F)(F)F)cc4)c23)CC(CCC(=O)O)C1. The molecule has 0 saturated heterocycles. The summed E-state index contributed by atoms with van der Waals surface area (Å²) in [5.41, 5.74) is 0.842. The molecule has 2 aromatic carbocycles. The molecule has 3 aromatic rings. The lowest BCUT2D eigenvalue weighted by atomic mass is 9.67. The average molecular weight is 458 g/mol. The van der Waals surface area contributed by atoms with Crippen molar-refractivity contribution in [3.8, 4) is 0 Å². The second-order valence-corrected chi connectivity index (χ2v) is 9.10. The molecular formula is C25H25F3N2O3. The van der Waals surface area contributed by atoms with E-state index in [0.717, 1.165) is 35.9 Å². The van der Waals surface area contributed by atoms with Crippen molar-refractivity contribution < 1.29 is 27.9 Å². The van der Waals surface area contributed by atoms with E-state index < -0.39 is 17.7 Å². The van der Waals surface area contributed by atoms with Gasteiger partial charge >= 0.3 is 12.1 Å². The van der Waals surface area contributed by atoms with E-state index in [0.29, 0.717) is 24.1 Å². The van der Waals surface area contributed by atoms with E-state index in [4.69, 9.17) is 5.11 Å². The standard InChI is InChI=1S/C25H25F3N2O3/c1-24(13-17(14-24)7-10-21(31)32)29-23(33)20-4-2-3-18-11-12-30(22(18)20)15-16-5-8-19(9-6-16)25(26,27)28/h2-6,8-9,11-12,17H,7,10,13-15H2,1H3,(H,29,33)(H,31,32). The molecule has 1 aliphatic carbocycles. The van der Waals surface area contributed by atoms with E-state index >= 15 is 0 Å². The largest absolute Gasteiger partial charge is 0.481 e. The number of benzene rings is 2. The molecule has 4 rings (SSSR count). The lowest BCUT2D eigenvalue weighted by Gasteiger charge is -2.46. The number of hydrogen-bond acceptors (Lipinski definition) is 2. The van der Waals surface area contributed by atoms with Crippen LogP contribution >= 0.6 is 0 Å². The van der Waals surface area contributed by atoms with E-state index in [-0.39, 0.29) is 23.8 Å². The number of nitrogens with zero attached hydrogens (tertiary/aromatic N) is 1. The minimum atomic E-state index is -4.38. The van der Waals surface area contributed by atoms with Crippen molar-refractivity contribution in [3.05, 3.63) is 71.4 Å². The number of aromatic nitrogens is 1. The fourth-order valence-corrected chi connectivity index (χ4v) is 4.76. The van der Waals surface area contributed by atoms with Crippen molar-refractivity contribution in [3.63, 3.8) is 0 Å². The number of halogens is 3. The third-order valence-electron chi connectivity index (χ3n) is 6.33. The molecule has 0 spiro atoms. The number of carboxylic acid groups (broad SMARTS) is 1. The van der Waals surface area contributed by atoms with Crippen LogP contribution in [0.15, 0.2) is 54.7 Å². The molecule has 1 amide bonds. The van der Waals surface area contributed by atoms with Crippen molar-refractivity contribution in [1.29, 1.82) is 0 Å². The minimum absolute atomic E-state index is 0.130. The summed E-state index contributed by atoms with van der Waals surface area (Å²) >= 11 is 0. The summed E-state index contributed by atoms with van der Waals surface area (Å²) in [5, 5.41) is 12.8. The zero-order valence-electron chi connectivity index (χ0n) is 18.2. The highest BCUT2D eigenvalue weighted by atomic mass is 19.4. The molecule has 1 heterocycles. The number of aliphatic carboxylic acids is 1. The van der Waals surface area contributed by atoms with Gasteiger partial charge in [0.05, 0.1) is 16.6 Å². The fourth-order valence-electron chi connectivity index (χ4n) is 4.76. The normalized spacial score (nSPS) is 20.4. The molecule has 0 unspecified atom stereocenters. The molecule has 0 bridgehead atoms. The number of nitrogens with one attached hydrogen (secondary N) is 1. The van der Waals surface area contributed by atoms with Gasteiger partial charge in [-0.1, -0.05) is 24.3 Å². The Morgan fingerprint density at radius 2 is 1.82 bits per heavy atom. The van der Waals surface area contributed by atoms with Gasteiger partial charge in [-0.25, -0.2) is 0 Å². The maximum atomic E-state index is 13.2. The molecular weight excluding hydrogens is 433 g/mol. The van der Waals surface area contributed by atoms with Crippen molar-refractivity contribution in [2.75, 3.05) is 0 Å². The van der Waals surface area contributed by atoms with Gasteiger partial charge in [-0.05, 0) is 61.9 Å². The second-order valence-electron chi connectivity index (χ2n) is 9.10. The quantitative estimate of drug-likeness (QED) is 0.493. The molecule has 174 valence electrons. The van der Waals surface area contributed by atoms with E-state index in [1.165, 1.54) is 12.1 Å². The van der Waals surface area contributed by atoms with Crippen LogP contribution in [0.2, 0.25) is 0 Å². The Kier molecular flexibility index (Phi) is 5.95. The van der Waals surface area contributed by atoms with Crippen LogP contribution < -0.4 is 5.32 Å². The third-order valence-corrected chi connectivity index (χ3v) is 6.33. The summed E-state index contributed by atoms with van der Waals surface area (Å²) in [6.45, 7) is 2.30. The summed E-state index contributed by atoms with van der Waals surface area (Å²) in [4.78, 5) is 23.9. The van der Waals surface area contributed by atoms with Gasteiger partial charge in [-0.2, -0.15) is 13.2 Å². The van der Waals surface area contributed by atoms with Crippen molar-refractivity contribution in [2.24, 2.45) is 5.92 Å². The molecule has 0 atom stereocenters. The first-order chi connectivity index (χ1) is 15.5. The van der Waals surface area contributed by atoms with Crippen LogP contribution in [0.5, 0.6) is 0 Å². The van der Waals surface area contributed by atoms with Crippen molar-refractivity contribution >= 4 is 22.8 Å². The predicted molar refractivity (Wildman–Crippen MR) is 118 cm³/mol. The lowest BCUT2D eigenvalue weighted by molar-refractivity contribution is -0.138. The highest BCUT2D eigenvalue weighted by molar-refractivity contribution is 6.06. The molecule has 33 heavy (non-hydrogen) atoms. The molecule has 1 aromatic heterocycles. The van der Waals surface area contributed by atoms with Crippen molar-refractivity contribution in [2.45, 2.75) is 50.9 Å². The smallest absolute Gasteiger partial charge is 0.416 e. The number of fused-ring (bicyclic) bond motifs is 1. The van der Waals surface area contributed by atoms with Gasteiger partial charge in [0.1, 0.15) is 0 Å². The van der Waals surface area contributed by atoms with Gasteiger partial charge in [-0.15, -0.1) is 0 Å². The Morgan fingerprint density at radius 1 is 1.12 bits per heavy atom. The predicted octanol–water partition coefficient (Wildman–Crippen LogP) is 5.47. The summed E-state index contributed by atoms with van der Waals surface area (Å²) in [6.07, 6.45) is -0.360. The van der Waals surface area contributed by atoms with Gasteiger partial charge in [0.25, 0.3) is 5.91 Å². The molecule has 8 heteroatoms. The molecule has 0 radical (unpaired) electrons. The zero-order chi connectivity index (χ0) is 23.8. The van der Waals surface area contributed by atoms with Gasteiger partial charge in [0.2, 0.25) is 0 Å². The average Bonchev–Trinajstić information content (AvgIpc) is 3.13. The van der Waals surface area contributed by atoms with Crippen LogP contribution in [0.1, 0.15) is 54.1 Å². The van der Waals surface area contributed by atoms with E-state index in [9.17, 15) is 22.8 Å².